The van der Waals surface area contributed by atoms with Gasteiger partial charge in [0.05, 0.1) is 17.9 Å². The van der Waals surface area contributed by atoms with Crippen LogP contribution < -0.4 is 19.5 Å². The number of nitrogens with one attached hydrogen (secondary N) is 1. The number of fused-ring (bicyclic) bond motifs is 1. The zero-order valence-electron chi connectivity index (χ0n) is 21.0. The number of aryl methyl sites for hydroxylation is 1. The summed E-state index contributed by atoms with van der Waals surface area (Å²) in [6.07, 6.45) is 0. The fourth-order valence-electron chi connectivity index (χ4n) is 5.13. The number of likely N-dealkylation sites (N-methyl/N-ethyl adjacent to an activating group) is 1. The van der Waals surface area contributed by atoms with E-state index in [0.717, 1.165) is 16.7 Å². The number of benzene rings is 2. The lowest BCUT2D eigenvalue weighted by Gasteiger charge is -2.27. The molecule has 0 spiro atoms. The van der Waals surface area contributed by atoms with Gasteiger partial charge < -0.3 is 24.4 Å². The molecule has 198 valence electrons. The summed E-state index contributed by atoms with van der Waals surface area (Å²) < 4.78 is 59.3. The Labute approximate surface area is 215 Å². The Morgan fingerprint density at radius 1 is 1.08 bits per heavy atom. The van der Waals surface area contributed by atoms with Crippen molar-refractivity contribution in [1.29, 1.82) is 0 Å². The van der Waals surface area contributed by atoms with E-state index in [0.29, 0.717) is 49.1 Å². The quantitative estimate of drug-likeness (QED) is 0.547. The molecule has 1 atom stereocenters. The third kappa shape index (κ3) is 4.67. The van der Waals surface area contributed by atoms with Gasteiger partial charge in [-0.1, -0.05) is 0 Å². The molecule has 1 amide bonds. The van der Waals surface area contributed by atoms with Gasteiger partial charge in [-0.3, -0.25) is 4.79 Å². The minimum Gasteiger partial charge on any atom is -0.496 e. The maximum atomic E-state index is 14.9. The first-order chi connectivity index (χ1) is 17.7. The van der Waals surface area contributed by atoms with Crippen LogP contribution in [0.25, 0.3) is 0 Å². The second-order valence-corrected chi connectivity index (χ2v) is 11.4. The van der Waals surface area contributed by atoms with Crippen molar-refractivity contribution in [2.75, 3.05) is 60.1 Å². The van der Waals surface area contributed by atoms with Crippen molar-refractivity contribution < 1.29 is 31.8 Å². The highest BCUT2D eigenvalue weighted by molar-refractivity contribution is 7.89. The van der Waals surface area contributed by atoms with Crippen molar-refractivity contribution in [3.63, 3.8) is 0 Å². The van der Waals surface area contributed by atoms with Gasteiger partial charge in [0.1, 0.15) is 24.8 Å². The van der Waals surface area contributed by atoms with E-state index >= 15 is 0 Å². The van der Waals surface area contributed by atoms with Crippen molar-refractivity contribution in [1.82, 2.24) is 14.5 Å². The van der Waals surface area contributed by atoms with Crippen LogP contribution in [0.3, 0.4) is 0 Å². The molecule has 0 aliphatic carbocycles. The summed E-state index contributed by atoms with van der Waals surface area (Å²) in [5, 5.41) is 3.00. The lowest BCUT2D eigenvalue weighted by Crippen LogP contribution is -2.40. The van der Waals surface area contributed by atoms with E-state index in [1.54, 1.807) is 24.1 Å². The van der Waals surface area contributed by atoms with E-state index in [1.165, 1.54) is 29.6 Å². The van der Waals surface area contributed by atoms with Gasteiger partial charge in [-0.05, 0) is 48.9 Å². The Morgan fingerprint density at radius 3 is 2.41 bits per heavy atom. The van der Waals surface area contributed by atoms with Gasteiger partial charge in [0.25, 0.3) is 0 Å². The fourth-order valence-corrected chi connectivity index (χ4v) is 6.58. The third-order valence-electron chi connectivity index (χ3n) is 7.06. The van der Waals surface area contributed by atoms with E-state index in [2.05, 4.69) is 5.32 Å². The summed E-state index contributed by atoms with van der Waals surface area (Å²) in [6, 6.07) is 7.60. The van der Waals surface area contributed by atoms with Gasteiger partial charge in [-0.2, -0.15) is 4.31 Å². The molecule has 0 saturated heterocycles. The van der Waals surface area contributed by atoms with Crippen LogP contribution in [0, 0.1) is 12.7 Å². The van der Waals surface area contributed by atoms with Gasteiger partial charge in [-0.15, -0.1) is 0 Å². The highest BCUT2D eigenvalue weighted by atomic mass is 32.2. The van der Waals surface area contributed by atoms with Crippen molar-refractivity contribution in [3.05, 3.63) is 58.4 Å². The molecule has 0 fully saturated rings. The molecule has 11 heteroatoms. The Morgan fingerprint density at radius 2 is 1.76 bits per heavy atom. The molecular formula is C26H30FN3O6S. The number of sulfonamides is 1. The first kappa shape index (κ1) is 25.5. The zero-order chi connectivity index (χ0) is 26.3. The molecular weight excluding hydrogens is 501 g/mol. The Kier molecular flexibility index (Phi) is 6.86. The van der Waals surface area contributed by atoms with Gasteiger partial charge in [0.15, 0.2) is 11.5 Å². The van der Waals surface area contributed by atoms with Gasteiger partial charge in [0.2, 0.25) is 15.9 Å². The number of methoxy groups -OCH3 is 1. The van der Waals surface area contributed by atoms with Crippen molar-refractivity contribution in [3.8, 4) is 17.2 Å². The standard InChI is InChI=1S/C26H30FN3O6S/c1-16-8-20(22(27)10-24(16)34-3)21(11-28-2)26(31)29-12-17-14-30(15-18(17)13-29)37(32,33)19-4-5-23-25(9-19)36-7-6-35-23/h4-5,8-10,21,28H,6-7,11-15H2,1-3H3. The van der Waals surface area contributed by atoms with Gasteiger partial charge >= 0.3 is 0 Å². The minimum absolute atomic E-state index is 0.144. The molecule has 5 rings (SSSR count). The van der Waals surface area contributed by atoms with Crippen LogP contribution in [0.2, 0.25) is 0 Å². The summed E-state index contributed by atoms with van der Waals surface area (Å²) in [5.74, 6) is -0.0347. The van der Waals surface area contributed by atoms with Crippen LogP contribution in [0.5, 0.6) is 17.2 Å². The number of carbonyl (C=O) groups is 1. The maximum absolute atomic E-state index is 14.9. The summed E-state index contributed by atoms with van der Waals surface area (Å²) in [6.45, 7) is 3.94. The van der Waals surface area contributed by atoms with Crippen LogP contribution in [0.4, 0.5) is 4.39 Å². The number of halogens is 1. The molecule has 1 unspecified atom stereocenters. The monoisotopic (exact) mass is 531 g/mol. The second kappa shape index (κ2) is 9.96. The van der Waals surface area contributed by atoms with Crippen LogP contribution >= 0.6 is 0 Å². The van der Waals surface area contributed by atoms with Crippen LogP contribution in [-0.2, 0) is 14.8 Å². The van der Waals surface area contributed by atoms with Crippen molar-refractivity contribution >= 4 is 15.9 Å². The predicted molar refractivity (Wildman–Crippen MR) is 134 cm³/mol. The number of amides is 1. The summed E-state index contributed by atoms with van der Waals surface area (Å²) in [4.78, 5) is 15.3. The van der Waals surface area contributed by atoms with E-state index in [1.807, 2.05) is 6.92 Å². The minimum atomic E-state index is -3.76. The van der Waals surface area contributed by atoms with Crippen LogP contribution in [0.15, 0.2) is 46.4 Å². The van der Waals surface area contributed by atoms with E-state index in [9.17, 15) is 17.6 Å². The number of hydrogen-bond donors (Lipinski definition) is 1. The zero-order valence-corrected chi connectivity index (χ0v) is 21.9. The first-order valence-corrected chi connectivity index (χ1v) is 13.5. The molecule has 1 N–H and O–H groups in total. The molecule has 0 saturated carbocycles. The van der Waals surface area contributed by atoms with Gasteiger partial charge in [0, 0.05) is 50.4 Å². The molecule has 3 aliphatic heterocycles. The topological polar surface area (TPSA) is 97.4 Å². The molecule has 37 heavy (non-hydrogen) atoms. The highest BCUT2D eigenvalue weighted by Gasteiger charge is 2.40. The molecule has 0 radical (unpaired) electrons. The van der Waals surface area contributed by atoms with E-state index in [-0.39, 0.29) is 30.4 Å². The summed E-state index contributed by atoms with van der Waals surface area (Å²) in [7, 11) is -0.557. The maximum Gasteiger partial charge on any atom is 0.243 e. The predicted octanol–water partition coefficient (Wildman–Crippen LogP) is 2.06. The molecule has 3 heterocycles. The average molecular weight is 532 g/mol. The van der Waals surface area contributed by atoms with Crippen LogP contribution in [0.1, 0.15) is 17.0 Å². The lowest BCUT2D eigenvalue weighted by atomic mass is 9.94. The first-order valence-electron chi connectivity index (χ1n) is 12.1. The van der Waals surface area contributed by atoms with Crippen molar-refractivity contribution in [2.24, 2.45) is 0 Å². The number of rotatable bonds is 7. The Bertz CT molecular complexity index is 1360. The van der Waals surface area contributed by atoms with Crippen LogP contribution in [-0.4, -0.2) is 83.6 Å². The Hall–Kier alpha value is -3.15. The molecule has 2 aromatic rings. The third-order valence-corrected chi connectivity index (χ3v) is 8.84. The van der Waals surface area contributed by atoms with Gasteiger partial charge in [-0.25, -0.2) is 12.8 Å². The van der Waals surface area contributed by atoms with E-state index in [4.69, 9.17) is 14.2 Å². The molecule has 2 aromatic carbocycles. The molecule has 9 nitrogen and oxygen atoms in total. The second-order valence-electron chi connectivity index (χ2n) is 9.43. The largest absolute Gasteiger partial charge is 0.496 e. The smallest absolute Gasteiger partial charge is 0.243 e. The molecule has 3 aliphatic rings. The number of nitrogens with zero attached hydrogens (tertiary/aromatic N) is 2. The highest BCUT2D eigenvalue weighted by Crippen LogP contribution is 2.36. The lowest BCUT2D eigenvalue weighted by molar-refractivity contribution is -0.131. The summed E-state index contributed by atoms with van der Waals surface area (Å²) in [5.41, 5.74) is 2.87. The Balaban J connectivity index is 1.29. The number of carbonyl (C=O) groups excluding carboxylic acids is 1. The fraction of sp³-hybridized carbons (Fsp3) is 0.423. The number of hydrogen-bond acceptors (Lipinski definition) is 7. The average Bonchev–Trinajstić information content (AvgIpc) is 3.48. The SMILES string of the molecule is CNCC(C(=O)N1CC2=C(C1)CN(S(=O)(=O)c1ccc3c(c1)OCCO3)C2)c1cc(C)c(OC)cc1F. The number of ether oxygens (including phenoxy) is 3. The van der Waals surface area contributed by atoms with E-state index < -0.39 is 21.8 Å². The summed E-state index contributed by atoms with van der Waals surface area (Å²) >= 11 is 0. The normalized spacial score (nSPS) is 18.2. The molecule has 0 bridgehead atoms. The molecule has 0 aromatic heterocycles. The van der Waals surface area contributed by atoms with Crippen molar-refractivity contribution in [2.45, 2.75) is 17.7 Å².